The first-order valence-electron chi connectivity index (χ1n) is 5.81. The first-order valence-corrected chi connectivity index (χ1v) is 6.56. The molecule has 0 aliphatic heterocycles. The lowest BCUT2D eigenvalue weighted by molar-refractivity contribution is 0.411. The highest BCUT2D eigenvalue weighted by atomic mass is 35.5. The highest BCUT2D eigenvalue weighted by Gasteiger charge is 2.13. The summed E-state index contributed by atoms with van der Waals surface area (Å²) in [6.07, 6.45) is 3.45. The first kappa shape index (κ1) is 13.1. The molecular weight excluding hydrogens is 299 g/mol. The molecule has 0 fully saturated rings. The molecule has 3 rings (SSSR count). The van der Waals surface area contributed by atoms with E-state index in [1.54, 1.807) is 24.1 Å². The van der Waals surface area contributed by atoms with Crippen molar-refractivity contribution in [3.63, 3.8) is 0 Å². The van der Waals surface area contributed by atoms with Gasteiger partial charge in [0.2, 0.25) is 5.28 Å². The van der Waals surface area contributed by atoms with Crippen molar-refractivity contribution in [1.29, 1.82) is 0 Å². The minimum absolute atomic E-state index is 0.169. The van der Waals surface area contributed by atoms with Gasteiger partial charge in [-0.3, -0.25) is 0 Å². The number of hydrogen-bond acceptors (Lipinski definition) is 4. The van der Waals surface area contributed by atoms with E-state index >= 15 is 0 Å². The van der Waals surface area contributed by atoms with E-state index < -0.39 is 0 Å². The minimum atomic E-state index is 0.169. The van der Waals surface area contributed by atoms with Crippen molar-refractivity contribution in [2.45, 2.75) is 6.92 Å². The third-order valence-corrected chi connectivity index (χ3v) is 3.31. The number of halogens is 2. The Kier molecular flexibility index (Phi) is 3.23. The summed E-state index contributed by atoms with van der Waals surface area (Å²) in [6.45, 7) is 1.94. The van der Waals surface area contributed by atoms with Crippen molar-refractivity contribution < 1.29 is 4.74 Å². The number of benzene rings is 1. The van der Waals surface area contributed by atoms with E-state index in [0.29, 0.717) is 16.4 Å². The lowest BCUT2D eigenvalue weighted by Gasteiger charge is -2.11. The van der Waals surface area contributed by atoms with Gasteiger partial charge in [-0.1, -0.05) is 11.6 Å². The zero-order valence-electron chi connectivity index (χ0n) is 10.8. The van der Waals surface area contributed by atoms with Gasteiger partial charge in [-0.15, -0.1) is 5.10 Å². The predicted molar refractivity (Wildman–Crippen MR) is 78.0 cm³/mol. The van der Waals surface area contributed by atoms with Gasteiger partial charge in [0, 0.05) is 23.5 Å². The third-order valence-electron chi connectivity index (χ3n) is 2.91. The second kappa shape index (κ2) is 4.92. The summed E-state index contributed by atoms with van der Waals surface area (Å²) in [7, 11) is 1.59. The molecule has 0 bridgehead atoms. The standard InChI is InChI=1S/C13H10Cl2N4O/c1-7-3-9(14)4-10(20-2)11(7)19-6-8-5-16-13(15)17-12(8)18-19/h3-6H,1-2H3. The van der Waals surface area contributed by atoms with E-state index in [1.807, 2.05) is 19.2 Å². The molecular formula is C13H10Cl2N4O. The Labute approximate surface area is 125 Å². The Balaban J connectivity index is 2.25. The van der Waals surface area contributed by atoms with Crippen LogP contribution in [0, 0.1) is 6.92 Å². The summed E-state index contributed by atoms with van der Waals surface area (Å²) in [5.74, 6) is 0.641. The molecule has 3 aromatic rings. The first-order chi connectivity index (χ1) is 9.58. The maximum atomic E-state index is 6.04. The molecule has 0 saturated carbocycles. The molecule has 0 aliphatic carbocycles. The monoisotopic (exact) mass is 308 g/mol. The number of fused-ring (bicyclic) bond motifs is 1. The van der Waals surface area contributed by atoms with Crippen molar-refractivity contribution in [3.8, 4) is 11.4 Å². The van der Waals surface area contributed by atoms with Crippen LogP contribution >= 0.6 is 23.2 Å². The largest absolute Gasteiger partial charge is 0.494 e. The average Bonchev–Trinajstić information content (AvgIpc) is 2.79. The summed E-state index contributed by atoms with van der Waals surface area (Å²) in [6, 6.07) is 3.60. The third kappa shape index (κ3) is 2.19. The fourth-order valence-corrected chi connectivity index (χ4v) is 2.46. The van der Waals surface area contributed by atoms with Gasteiger partial charge in [-0.05, 0) is 30.2 Å². The average molecular weight is 309 g/mol. The van der Waals surface area contributed by atoms with Crippen LogP contribution in [0.25, 0.3) is 16.7 Å². The fraction of sp³-hybridized carbons (Fsp3) is 0.154. The van der Waals surface area contributed by atoms with Crippen LogP contribution in [-0.4, -0.2) is 26.9 Å². The highest BCUT2D eigenvalue weighted by Crippen LogP contribution is 2.30. The summed E-state index contributed by atoms with van der Waals surface area (Å²) < 4.78 is 7.07. The number of nitrogens with zero attached hydrogens (tertiary/aromatic N) is 4. The summed E-state index contributed by atoms with van der Waals surface area (Å²) in [5.41, 5.74) is 2.29. The number of ether oxygens (including phenoxy) is 1. The SMILES string of the molecule is COc1cc(Cl)cc(C)c1-n1cc2cnc(Cl)nc2n1. The topological polar surface area (TPSA) is 52.8 Å². The highest BCUT2D eigenvalue weighted by molar-refractivity contribution is 6.30. The van der Waals surface area contributed by atoms with Crippen LogP contribution in [-0.2, 0) is 0 Å². The molecule has 20 heavy (non-hydrogen) atoms. The number of rotatable bonds is 2. The number of aryl methyl sites for hydroxylation is 1. The Morgan fingerprint density at radius 2 is 2.05 bits per heavy atom. The lowest BCUT2D eigenvalue weighted by atomic mass is 10.2. The molecule has 102 valence electrons. The van der Waals surface area contributed by atoms with Crippen LogP contribution in [0.1, 0.15) is 5.56 Å². The number of methoxy groups -OCH3 is 1. The van der Waals surface area contributed by atoms with E-state index in [4.69, 9.17) is 27.9 Å². The van der Waals surface area contributed by atoms with Crippen molar-refractivity contribution in [1.82, 2.24) is 19.7 Å². The molecule has 0 aliphatic rings. The predicted octanol–water partition coefficient (Wildman–Crippen LogP) is 3.44. The van der Waals surface area contributed by atoms with Crippen molar-refractivity contribution in [2.24, 2.45) is 0 Å². The molecule has 0 spiro atoms. The van der Waals surface area contributed by atoms with Crippen LogP contribution in [0.5, 0.6) is 5.75 Å². The molecule has 0 unspecified atom stereocenters. The van der Waals surface area contributed by atoms with E-state index in [9.17, 15) is 0 Å². The van der Waals surface area contributed by atoms with E-state index in [-0.39, 0.29) is 5.28 Å². The minimum Gasteiger partial charge on any atom is -0.494 e. The number of hydrogen-bond donors (Lipinski definition) is 0. The summed E-state index contributed by atoms with van der Waals surface area (Å²) in [5, 5.41) is 5.98. The van der Waals surface area contributed by atoms with Gasteiger partial charge >= 0.3 is 0 Å². The van der Waals surface area contributed by atoms with Crippen molar-refractivity contribution in [3.05, 3.63) is 40.4 Å². The fourth-order valence-electron chi connectivity index (χ4n) is 2.06. The van der Waals surface area contributed by atoms with Gasteiger partial charge in [0.1, 0.15) is 11.4 Å². The second-order valence-corrected chi connectivity index (χ2v) is 5.04. The molecule has 5 nitrogen and oxygen atoms in total. The van der Waals surface area contributed by atoms with E-state index in [0.717, 1.165) is 16.6 Å². The zero-order chi connectivity index (χ0) is 14.3. The number of aromatic nitrogens is 4. The van der Waals surface area contributed by atoms with Gasteiger partial charge in [0.05, 0.1) is 12.5 Å². The van der Waals surface area contributed by atoms with Crippen LogP contribution in [0.4, 0.5) is 0 Å². The maximum absolute atomic E-state index is 6.04. The van der Waals surface area contributed by atoms with E-state index in [2.05, 4.69) is 15.1 Å². The lowest BCUT2D eigenvalue weighted by Crippen LogP contribution is -2.01. The van der Waals surface area contributed by atoms with Crippen LogP contribution in [0.3, 0.4) is 0 Å². The van der Waals surface area contributed by atoms with Crippen LogP contribution in [0.2, 0.25) is 10.3 Å². The molecule has 7 heteroatoms. The molecule has 2 heterocycles. The molecule has 0 amide bonds. The van der Waals surface area contributed by atoms with E-state index in [1.165, 1.54) is 0 Å². The molecule has 0 saturated heterocycles. The van der Waals surface area contributed by atoms with Gasteiger partial charge < -0.3 is 4.74 Å². The molecule has 2 aromatic heterocycles. The Morgan fingerprint density at radius 1 is 1.25 bits per heavy atom. The molecule has 0 atom stereocenters. The smallest absolute Gasteiger partial charge is 0.224 e. The normalized spacial score (nSPS) is 11.0. The quantitative estimate of drug-likeness (QED) is 0.680. The molecule has 0 radical (unpaired) electrons. The summed E-state index contributed by atoms with van der Waals surface area (Å²) in [4.78, 5) is 8.02. The maximum Gasteiger partial charge on any atom is 0.224 e. The van der Waals surface area contributed by atoms with Crippen LogP contribution in [0.15, 0.2) is 24.5 Å². The van der Waals surface area contributed by atoms with Crippen LogP contribution < -0.4 is 4.74 Å². The van der Waals surface area contributed by atoms with Gasteiger partial charge in [-0.25, -0.2) is 9.67 Å². The van der Waals surface area contributed by atoms with Gasteiger partial charge in [0.15, 0.2) is 5.65 Å². The van der Waals surface area contributed by atoms with Gasteiger partial charge in [-0.2, -0.15) is 4.98 Å². The van der Waals surface area contributed by atoms with Crippen molar-refractivity contribution in [2.75, 3.05) is 7.11 Å². The Bertz CT molecular complexity index is 800. The van der Waals surface area contributed by atoms with Crippen molar-refractivity contribution >= 4 is 34.2 Å². The zero-order valence-corrected chi connectivity index (χ0v) is 12.3. The Morgan fingerprint density at radius 3 is 2.80 bits per heavy atom. The molecule has 1 aromatic carbocycles. The Hall–Kier alpha value is -1.85. The van der Waals surface area contributed by atoms with Gasteiger partial charge in [0.25, 0.3) is 0 Å². The molecule has 0 N–H and O–H groups in total. The summed E-state index contributed by atoms with van der Waals surface area (Å²) >= 11 is 11.8. The second-order valence-electron chi connectivity index (χ2n) is 4.27.